The highest BCUT2D eigenvalue weighted by Gasteiger charge is 2.21. The Hall–Kier alpha value is -2.80. The molecule has 1 amide bonds. The number of carboxylic acids is 1. The Bertz CT molecular complexity index is 799. The van der Waals surface area contributed by atoms with E-state index in [0.29, 0.717) is 30.3 Å². The van der Waals surface area contributed by atoms with E-state index in [1.54, 1.807) is 18.3 Å². The van der Waals surface area contributed by atoms with E-state index < -0.39 is 5.97 Å². The number of nitrogens with one attached hydrogen (secondary N) is 1. The molecule has 1 saturated heterocycles. The number of aromatic carboxylic acids is 1. The number of likely N-dealkylation sites (tertiary alicyclic amines) is 1. The van der Waals surface area contributed by atoms with Gasteiger partial charge in [0, 0.05) is 19.3 Å². The average molecular weight is 368 g/mol. The standard InChI is InChI=1S/C20H24N4O3/c1-14-10-22-18(12-21-14)19(25)23-11-15-6-8-24(9-7-15)13-16-4-2-3-5-17(16)20(26)27/h2-5,10,12,15H,6-9,11,13H2,1H3,(H,23,25)(H,26,27). The van der Waals surface area contributed by atoms with Crippen molar-refractivity contribution < 1.29 is 14.7 Å². The summed E-state index contributed by atoms with van der Waals surface area (Å²) in [6.45, 7) is 4.86. The smallest absolute Gasteiger partial charge is 0.336 e. The second-order valence-electron chi connectivity index (χ2n) is 6.93. The van der Waals surface area contributed by atoms with Gasteiger partial charge in [-0.2, -0.15) is 0 Å². The van der Waals surface area contributed by atoms with E-state index in [1.165, 1.54) is 6.20 Å². The van der Waals surface area contributed by atoms with Crippen LogP contribution in [-0.4, -0.2) is 51.5 Å². The molecule has 3 rings (SSSR count). The Labute approximate surface area is 158 Å². The van der Waals surface area contributed by atoms with Crippen LogP contribution < -0.4 is 5.32 Å². The number of nitrogens with zero attached hydrogens (tertiary/aromatic N) is 3. The number of piperidine rings is 1. The second-order valence-corrected chi connectivity index (χ2v) is 6.93. The highest BCUT2D eigenvalue weighted by atomic mass is 16.4. The van der Waals surface area contributed by atoms with Gasteiger partial charge in [0.1, 0.15) is 5.69 Å². The first-order valence-corrected chi connectivity index (χ1v) is 9.13. The van der Waals surface area contributed by atoms with Crippen molar-refractivity contribution in [3.05, 3.63) is 59.2 Å². The number of carboxylic acid groups (broad SMARTS) is 1. The molecule has 0 unspecified atom stereocenters. The van der Waals surface area contributed by atoms with Crippen LogP contribution in [-0.2, 0) is 6.54 Å². The fourth-order valence-corrected chi connectivity index (χ4v) is 3.29. The molecule has 1 aliphatic heterocycles. The minimum absolute atomic E-state index is 0.194. The zero-order chi connectivity index (χ0) is 19.2. The summed E-state index contributed by atoms with van der Waals surface area (Å²) in [5.74, 6) is -0.666. The Kier molecular flexibility index (Phi) is 6.13. The molecule has 7 heteroatoms. The van der Waals surface area contributed by atoms with E-state index in [2.05, 4.69) is 20.2 Å². The second kappa shape index (κ2) is 8.73. The lowest BCUT2D eigenvalue weighted by Gasteiger charge is -2.32. The summed E-state index contributed by atoms with van der Waals surface area (Å²) in [6.07, 6.45) is 5.01. The van der Waals surface area contributed by atoms with Gasteiger partial charge in [0.2, 0.25) is 0 Å². The monoisotopic (exact) mass is 368 g/mol. The molecule has 0 spiro atoms. The zero-order valence-electron chi connectivity index (χ0n) is 15.4. The number of hydrogen-bond donors (Lipinski definition) is 2. The molecule has 2 aromatic rings. The molecular formula is C20H24N4O3. The molecule has 1 aromatic carbocycles. The van der Waals surface area contributed by atoms with Crippen molar-refractivity contribution >= 4 is 11.9 Å². The summed E-state index contributed by atoms with van der Waals surface area (Å²) in [5.41, 5.74) is 2.33. The summed E-state index contributed by atoms with van der Waals surface area (Å²) in [5, 5.41) is 12.2. The molecule has 27 heavy (non-hydrogen) atoms. The van der Waals surface area contributed by atoms with E-state index >= 15 is 0 Å². The van der Waals surface area contributed by atoms with Crippen molar-refractivity contribution in [2.45, 2.75) is 26.3 Å². The highest BCUT2D eigenvalue weighted by molar-refractivity contribution is 5.91. The first-order chi connectivity index (χ1) is 13.0. The summed E-state index contributed by atoms with van der Waals surface area (Å²) >= 11 is 0. The van der Waals surface area contributed by atoms with Crippen molar-refractivity contribution in [2.24, 2.45) is 5.92 Å². The third-order valence-electron chi connectivity index (χ3n) is 4.91. The van der Waals surface area contributed by atoms with Gasteiger partial charge in [-0.1, -0.05) is 18.2 Å². The SMILES string of the molecule is Cc1cnc(C(=O)NCC2CCN(Cc3ccccc3C(=O)O)CC2)cn1. The predicted octanol–water partition coefficient (Wildman–Crippen LogP) is 2.13. The summed E-state index contributed by atoms with van der Waals surface area (Å²) < 4.78 is 0. The van der Waals surface area contributed by atoms with Gasteiger partial charge < -0.3 is 10.4 Å². The summed E-state index contributed by atoms with van der Waals surface area (Å²) in [6, 6.07) is 7.14. The third-order valence-corrected chi connectivity index (χ3v) is 4.91. The lowest BCUT2D eigenvalue weighted by atomic mass is 9.96. The van der Waals surface area contributed by atoms with Crippen LogP contribution in [0.25, 0.3) is 0 Å². The van der Waals surface area contributed by atoms with Gasteiger partial charge in [-0.3, -0.25) is 14.7 Å². The number of amides is 1. The van der Waals surface area contributed by atoms with Crippen LogP contribution in [0.4, 0.5) is 0 Å². The van der Waals surface area contributed by atoms with Gasteiger partial charge in [-0.15, -0.1) is 0 Å². The van der Waals surface area contributed by atoms with Crippen molar-refractivity contribution in [1.82, 2.24) is 20.2 Å². The van der Waals surface area contributed by atoms with E-state index in [-0.39, 0.29) is 5.91 Å². The van der Waals surface area contributed by atoms with Crippen LogP contribution in [0.3, 0.4) is 0 Å². The van der Waals surface area contributed by atoms with E-state index in [1.807, 2.05) is 19.1 Å². The maximum Gasteiger partial charge on any atom is 0.336 e. The van der Waals surface area contributed by atoms with Crippen LogP contribution in [0.5, 0.6) is 0 Å². The molecule has 0 atom stereocenters. The summed E-state index contributed by atoms with van der Waals surface area (Å²) in [7, 11) is 0. The molecule has 1 aromatic heterocycles. The first-order valence-electron chi connectivity index (χ1n) is 9.13. The minimum Gasteiger partial charge on any atom is -0.478 e. The normalized spacial score (nSPS) is 15.4. The number of carbonyl (C=O) groups excluding carboxylic acids is 1. The van der Waals surface area contributed by atoms with E-state index in [4.69, 9.17) is 0 Å². The number of hydrogen-bond acceptors (Lipinski definition) is 5. The topological polar surface area (TPSA) is 95.4 Å². The fraction of sp³-hybridized carbons (Fsp3) is 0.400. The van der Waals surface area contributed by atoms with Crippen molar-refractivity contribution in [2.75, 3.05) is 19.6 Å². The fourth-order valence-electron chi connectivity index (χ4n) is 3.29. The molecule has 0 aliphatic carbocycles. The molecule has 7 nitrogen and oxygen atoms in total. The Balaban J connectivity index is 1.46. The van der Waals surface area contributed by atoms with Crippen LogP contribution >= 0.6 is 0 Å². The molecule has 1 fully saturated rings. The van der Waals surface area contributed by atoms with Crippen molar-refractivity contribution in [3.63, 3.8) is 0 Å². The maximum absolute atomic E-state index is 12.1. The Morgan fingerprint density at radius 1 is 1.19 bits per heavy atom. The van der Waals surface area contributed by atoms with Gasteiger partial charge >= 0.3 is 5.97 Å². The Morgan fingerprint density at radius 3 is 2.59 bits per heavy atom. The summed E-state index contributed by atoms with van der Waals surface area (Å²) in [4.78, 5) is 33.9. The van der Waals surface area contributed by atoms with Gasteiger partial charge in [0.05, 0.1) is 17.5 Å². The predicted molar refractivity (Wildman–Crippen MR) is 101 cm³/mol. The molecule has 0 bridgehead atoms. The van der Waals surface area contributed by atoms with Crippen molar-refractivity contribution in [1.29, 1.82) is 0 Å². The van der Waals surface area contributed by atoms with Crippen LogP contribution in [0.15, 0.2) is 36.7 Å². The molecule has 2 heterocycles. The largest absolute Gasteiger partial charge is 0.478 e. The lowest BCUT2D eigenvalue weighted by molar-refractivity contribution is 0.0693. The molecule has 142 valence electrons. The van der Waals surface area contributed by atoms with E-state index in [0.717, 1.165) is 37.2 Å². The third kappa shape index (κ3) is 5.10. The van der Waals surface area contributed by atoms with Crippen LogP contribution in [0.2, 0.25) is 0 Å². The molecule has 1 aliphatic rings. The minimum atomic E-state index is -0.887. The van der Waals surface area contributed by atoms with Crippen molar-refractivity contribution in [3.8, 4) is 0 Å². The average Bonchev–Trinajstić information content (AvgIpc) is 2.68. The number of benzene rings is 1. The zero-order valence-corrected chi connectivity index (χ0v) is 15.4. The lowest BCUT2D eigenvalue weighted by Crippen LogP contribution is -2.38. The number of aryl methyl sites for hydroxylation is 1. The van der Waals surface area contributed by atoms with Gasteiger partial charge in [-0.05, 0) is 50.4 Å². The number of carbonyl (C=O) groups is 2. The number of aromatic nitrogens is 2. The van der Waals surface area contributed by atoms with Gasteiger partial charge in [0.15, 0.2) is 0 Å². The Morgan fingerprint density at radius 2 is 1.93 bits per heavy atom. The highest BCUT2D eigenvalue weighted by Crippen LogP contribution is 2.20. The molecule has 2 N–H and O–H groups in total. The van der Waals surface area contributed by atoms with E-state index in [9.17, 15) is 14.7 Å². The molecule has 0 saturated carbocycles. The first kappa shape index (κ1) is 19.0. The quantitative estimate of drug-likeness (QED) is 0.811. The van der Waals surface area contributed by atoms with Gasteiger partial charge in [0.25, 0.3) is 5.91 Å². The molecular weight excluding hydrogens is 344 g/mol. The maximum atomic E-state index is 12.1. The van der Waals surface area contributed by atoms with Gasteiger partial charge in [-0.25, -0.2) is 9.78 Å². The number of rotatable bonds is 6. The molecule has 0 radical (unpaired) electrons. The van der Waals surface area contributed by atoms with Crippen LogP contribution in [0, 0.1) is 12.8 Å². The van der Waals surface area contributed by atoms with Crippen LogP contribution in [0.1, 0.15) is 44.9 Å².